The van der Waals surface area contributed by atoms with Gasteiger partial charge in [0.2, 0.25) is 10.0 Å². The maximum Gasteiger partial charge on any atom is 0.232 e. The van der Waals surface area contributed by atoms with Crippen LogP contribution in [0, 0.1) is 11.8 Å². The lowest BCUT2D eigenvalue weighted by atomic mass is 10.2. The zero-order valence-corrected chi connectivity index (χ0v) is 12.2. The van der Waals surface area contributed by atoms with Gasteiger partial charge in [-0.1, -0.05) is 17.9 Å². The molecule has 0 atom stereocenters. The molecule has 6 heteroatoms. The van der Waals surface area contributed by atoms with Crippen LogP contribution < -0.4 is 4.72 Å². The lowest BCUT2D eigenvalue weighted by molar-refractivity contribution is 0.199. The van der Waals surface area contributed by atoms with Crippen molar-refractivity contribution in [2.24, 2.45) is 0 Å². The van der Waals surface area contributed by atoms with Crippen LogP contribution in [0.1, 0.15) is 18.4 Å². The van der Waals surface area contributed by atoms with E-state index in [4.69, 9.17) is 9.84 Å². The minimum atomic E-state index is -3.37. The summed E-state index contributed by atoms with van der Waals surface area (Å²) in [5, 5.41) is 8.65. The first kappa shape index (κ1) is 16.5. The fourth-order valence-corrected chi connectivity index (χ4v) is 2.59. The Morgan fingerprint density at radius 1 is 1.40 bits per heavy atom. The lowest BCUT2D eigenvalue weighted by Crippen LogP contribution is -2.17. The van der Waals surface area contributed by atoms with Gasteiger partial charge in [0.1, 0.15) is 0 Å². The van der Waals surface area contributed by atoms with E-state index in [0.29, 0.717) is 30.7 Å². The molecule has 0 aliphatic heterocycles. The molecule has 0 unspecified atom stereocenters. The van der Waals surface area contributed by atoms with Crippen LogP contribution in [-0.4, -0.2) is 39.6 Å². The van der Waals surface area contributed by atoms with Gasteiger partial charge in [-0.25, -0.2) is 8.42 Å². The molecule has 0 heterocycles. The third kappa shape index (κ3) is 6.57. The minimum absolute atomic E-state index is 0.0127. The van der Waals surface area contributed by atoms with Gasteiger partial charge in [-0.2, -0.15) is 0 Å². The third-order valence-corrected chi connectivity index (χ3v) is 3.74. The average molecular weight is 297 g/mol. The van der Waals surface area contributed by atoms with E-state index < -0.39 is 10.0 Å². The lowest BCUT2D eigenvalue weighted by Gasteiger charge is -2.08. The molecule has 2 N–H and O–H groups in total. The highest BCUT2D eigenvalue weighted by Crippen LogP contribution is 2.12. The highest BCUT2D eigenvalue weighted by molar-refractivity contribution is 7.92. The van der Waals surface area contributed by atoms with Crippen molar-refractivity contribution in [3.8, 4) is 11.8 Å². The molecular weight excluding hydrogens is 278 g/mol. The predicted octanol–water partition coefficient (Wildman–Crippen LogP) is 1.20. The van der Waals surface area contributed by atoms with Crippen LogP contribution in [0.4, 0.5) is 5.69 Å². The molecule has 5 nitrogen and oxygen atoms in total. The molecule has 0 aliphatic carbocycles. The van der Waals surface area contributed by atoms with E-state index in [2.05, 4.69) is 16.6 Å². The van der Waals surface area contributed by atoms with E-state index in [-0.39, 0.29) is 12.4 Å². The molecule has 0 bridgehead atoms. The summed E-state index contributed by atoms with van der Waals surface area (Å²) in [6.07, 6.45) is 0.842. The van der Waals surface area contributed by atoms with Crippen LogP contribution in [0.15, 0.2) is 24.3 Å². The summed E-state index contributed by atoms with van der Waals surface area (Å²) in [6.45, 7) is 0.423. The van der Waals surface area contributed by atoms with Gasteiger partial charge in [0.25, 0.3) is 0 Å². The molecule has 0 radical (unpaired) electrons. The predicted molar refractivity (Wildman–Crippen MR) is 78.9 cm³/mol. The zero-order chi connectivity index (χ0) is 14.8. The molecule has 110 valence electrons. The topological polar surface area (TPSA) is 75.6 Å². The first-order valence-electron chi connectivity index (χ1n) is 6.26. The average Bonchev–Trinajstić information content (AvgIpc) is 2.39. The Hall–Kier alpha value is -1.55. The standard InChI is InChI=1S/C14H19NO4S/c1-19-10-5-11-20(17,18)15-14-8-4-7-13(12-14)6-2-3-9-16/h4,7-8,12,15-16H,3,5,9-11H2,1H3. The molecular formula is C14H19NO4S. The Kier molecular flexibility index (Phi) is 7.09. The van der Waals surface area contributed by atoms with Gasteiger partial charge in [-0.3, -0.25) is 4.72 Å². The Labute approximate surface area is 120 Å². The van der Waals surface area contributed by atoms with Crippen LogP contribution in [-0.2, 0) is 14.8 Å². The smallest absolute Gasteiger partial charge is 0.232 e. The first-order chi connectivity index (χ1) is 9.57. The maximum atomic E-state index is 11.8. The van der Waals surface area contributed by atoms with Crippen molar-refractivity contribution in [1.82, 2.24) is 0 Å². The van der Waals surface area contributed by atoms with Crippen molar-refractivity contribution in [3.63, 3.8) is 0 Å². The van der Waals surface area contributed by atoms with E-state index in [0.717, 1.165) is 0 Å². The third-order valence-electron chi connectivity index (χ3n) is 2.37. The molecule has 1 aromatic carbocycles. The van der Waals surface area contributed by atoms with Gasteiger partial charge >= 0.3 is 0 Å². The number of aliphatic hydroxyl groups excluding tert-OH is 1. The van der Waals surface area contributed by atoms with Crippen LogP contribution in [0.2, 0.25) is 0 Å². The molecule has 0 aliphatic rings. The number of anilines is 1. The van der Waals surface area contributed by atoms with Gasteiger partial charge < -0.3 is 9.84 Å². The number of hydrogen-bond acceptors (Lipinski definition) is 4. The second-order valence-corrected chi connectivity index (χ2v) is 5.97. The van der Waals surface area contributed by atoms with Crippen molar-refractivity contribution in [3.05, 3.63) is 29.8 Å². The van der Waals surface area contributed by atoms with Crippen molar-refractivity contribution >= 4 is 15.7 Å². The summed E-state index contributed by atoms with van der Waals surface area (Å²) in [5.41, 5.74) is 1.19. The van der Waals surface area contributed by atoms with Crippen LogP contribution in [0.3, 0.4) is 0 Å². The number of benzene rings is 1. The summed E-state index contributed by atoms with van der Waals surface area (Å²) in [7, 11) is -1.83. The van der Waals surface area contributed by atoms with E-state index >= 15 is 0 Å². The van der Waals surface area contributed by atoms with Gasteiger partial charge in [0.05, 0.1) is 12.4 Å². The Morgan fingerprint density at radius 3 is 2.90 bits per heavy atom. The SMILES string of the molecule is COCCCS(=O)(=O)Nc1cccc(C#CCCO)c1. The molecule has 0 fully saturated rings. The normalized spacial score (nSPS) is 10.7. The van der Waals surface area contributed by atoms with Gasteiger partial charge in [0, 0.05) is 31.4 Å². The highest BCUT2D eigenvalue weighted by Gasteiger charge is 2.09. The summed E-state index contributed by atoms with van der Waals surface area (Å²) < 4.78 is 31.0. The summed E-state index contributed by atoms with van der Waals surface area (Å²) in [4.78, 5) is 0. The van der Waals surface area contributed by atoms with Crippen LogP contribution >= 0.6 is 0 Å². The molecule has 1 rings (SSSR count). The molecule has 0 spiro atoms. The Morgan fingerprint density at radius 2 is 2.20 bits per heavy atom. The highest BCUT2D eigenvalue weighted by atomic mass is 32.2. The minimum Gasteiger partial charge on any atom is -0.395 e. The number of rotatable bonds is 7. The first-order valence-corrected chi connectivity index (χ1v) is 7.92. The quantitative estimate of drug-likeness (QED) is 0.586. The van der Waals surface area contributed by atoms with E-state index in [1.54, 1.807) is 24.3 Å². The van der Waals surface area contributed by atoms with E-state index in [1.165, 1.54) is 7.11 Å². The molecule has 20 heavy (non-hydrogen) atoms. The van der Waals surface area contributed by atoms with Crippen LogP contribution in [0.5, 0.6) is 0 Å². The van der Waals surface area contributed by atoms with E-state index in [1.807, 2.05) is 0 Å². The van der Waals surface area contributed by atoms with Gasteiger partial charge in [-0.05, 0) is 24.6 Å². The summed E-state index contributed by atoms with van der Waals surface area (Å²) >= 11 is 0. The largest absolute Gasteiger partial charge is 0.395 e. The summed E-state index contributed by atoms with van der Waals surface area (Å²) in [6, 6.07) is 6.85. The number of nitrogens with one attached hydrogen (secondary N) is 1. The van der Waals surface area contributed by atoms with Crippen molar-refractivity contribution in [1.29, 1.82) is 0 Å². The van der Waals surface area contributed by atoms with Crippen LogP contribution in [0.25, 0.3) is 0 Å². The fourth-order valence-electron chi connectivity index (χ4n) is 1.50. The van der Waals surface area contributed by atoms with Crippen molar-refractivity contribution in [2.75, 3.05) is 30.8 Å². The number of methoxy groups -OCH3 is 1. The number of hydrogen-bond donors (Lipinski definition) is 2. The van der Waals surface area contributed by atoms with Crippen molar-refractivity contribution < 1.29 is 18.3 Å². The molecule has 0 saturated carbocycles. The molecule has 0 saturated heterocycles. The number of aliphatic hydroxyl groups is 1. The Balaban J connectivity index is 2.68. The van der Waals surface area contributed by atoms with Gasteiger partial charge in [0.15, 0.2) is 0 Å². The maximum absolute atomic E-state index is 11.8. The second kappa shape index (κ2) is 8.59. The molecule has 0 aromatic heterocycles. The van der Waals surface area contributed by atoms with E-state index in [9.17, 15) is 8.42 Å². The van der Waals surface area contributed by atoms with Gasteiger partial charge in [-0.15, -0.1) is 0 Å². The molecule has 1 aromatic rings. The monoisotopic (exact) mass is 297 g/mol. The second-order valence-electron chi connectivity index (χ2n) is 4.12. The molecule has 0 amide bonds. The number of ether oxygens (including phenoxy) is 1. The Bertz CT molecular complexity index is 572. The summed E-state index contributed by atoms with van der Waals surface area (Å²) in [5.74, 6) is 5.66. The van der Waals surface area contributed by atoms with Crippen molar-refractivity contribution in [2.45, 2.75) is 12.8 Å². The number of sulfonamides is 1. The zero-order valence-electron chi connectivity index (χ0n) is 11.4. The fraction of sp³-hybridized carbons (Fsp3) is 0.429.